The number of aliphatic hydroxyl groups is 1. The number of hydrogen-bond donors (Lipinski definition) is 1. The zero-order valence-corrected chi connectivity index (χ0v) is 21.1. The van der Waals surface area contributed by atoms with Gasteiger partial charge in [-0.15, -0.1) is 0 Å². The summed E-state index contributed by atoms with van der Waals surface area (Å²) in [6.07, 6.45) is 0.515. The Morgan fingerprint density at radius 1 is 1.17 bits per heavy atom. The predicted molar refractivity (Wildman–Crippen MR) is 133 cm³/mol. The number of benzene rings is 2. The summed E-state index contributed by atoms with van der Waals surface area (Å²) in [6, 6.07) is 12.1. The van der Waals surface area contributed by atoms with Gasteiger partial charge in [0.2, 0.25) is 0 Å². The van der Waals surface area contributed by atoms with Gasteiger partial charge in [0.25, 0.3) is 5.91 Å². The van der Waals surface area contributed by atoms with Gasteiger partial charge in [-0.3, -0.25) is 9.63 Å². The molecule has 1 amide bonds. The fraction of sp³-hybridized carbons (Fsp3) is 0.440. The molecular formula is C25H27Cl2N3O6. The molecule has 0 aliphatic carbocycles. The zero-order chi connectivity index (χ0) is 25.5. The maximum atomic E-state index is 13.1. The minimum Gasteiger partial charge on any atom is -0.493 e. The van der Waals surface area contributed by atoms with Crippen LogP contribution in [-0.4, -0.2) is 79.2 Å². The second kappa shape index (κ2) is 12.5. The summed E-state index contributed by atoms with van der Waals surface area (Å²) in [5.41, 5.74) is 0.284. The molecule has 2 heterocycles. The van der Waals surface area contributed by atoms with Crippen LogP contribution in [-0.2, 0) is 4.84 Å². The van der Waals surface area contributed by atoms with Gasteiger partial charge in [0.05, 0.1) is 29.8 Å². The molecule has 2 fully saturated rings. The van der Waals surface area contributed by atoms with Crippen LogP contribution in [0.25, 0.3) is 0 Å². The molecule has 0 saturated carbocycles. The Morgan fingerprint density at radius 3 is 2.69 bits per heavy atom. The minimum atomic E-state index is -0.542. The Morgan fingerprint density at radius 2 is 1.97 bits per heavy atom. The van der Waals surface area contributed by atoms with Crippen molar-refractivity contribution in [3.63, 3.8) is 0 Å². The van der Waals surface area contributed by atoms with Crippen LogP contribution in [0.2, 0.25) is 10.0 Å². The predicted octanol–water partition coefficient (Wildman–Crippen LogP) is 3.57. The summed E-state index contributed by atoms with van der Waals surface area (Å²) in [6.45, 7) is 2.50. The lowest BCUT2D eigenvalue weighted by Gasteiger charge is -2.20. The SMILES string of the molecule is N#CCOc1cc(OCCCN2CC(Oc3ccc(Cl)cc3)CO2)c(C(=O)N2CCC(O)C2)cc1Cl. The third-order valence-corrected chi connectivity index (χ3v) is 6.33. The van der Waals surface area contributed by atoms with Gasteiger partial charge in [-0.05, 0) is 43.2 Å². The third kappa shape index (κ3) is 6.93. The van der Waals surface area contributed by atoms with Crippen LogP contribution in [0.3, 0.4) is 0 Å². The molecule has 0 aromatic heterocycles. The lowest BCUT2D eigenvalue weighted by Crippen LogP contribution is -2.30. The highest BCUT2D eigenvalue weighted by Gasteiger charge is 2.29. The summed E-state index contributed by atoms with van der Waals surface area (Å²) in [7, 11) is 0. The highest BCUT2D eigenvalue weighted by atomic mass is 35.5. The molecule has 2 aliphatic heterocycles. The van der Waals surface area contributed by atoms with Gasteiger partial charge < -0.3 is 24.2 Å². The quantitative estimate of drug-likeness (QED) is 0.460. The van der Waals surface area contributed by atoms with E-state index in [4.69, 9.17) is 47.5 Å². The highest BCUT2D eigenvalue weighted by Crippen LogP contribution is 2.34. The number of halogens is 2. The van der Waals surface area contributed by atoms with Crippen molar-refractivity contribution >= 4 is 29.1 Å². The fourth-order valence-electron chi connectivity index (χ4n) is 4.02. The lowest BCUT2D eigenvalue weighted by atomic mass is 10.1. The standard InChI is InChI=1S/C25H27Cl2N3O6/c26-17-2-4-19(5-3-17)36-20-15-30(35-16-20)8-1-10-33-23-13-24(34-11-7-28)22(27)12-21(23)25(32)29-9-6-18(31)14-29/h2-5,12-13,18,20,31H,1,6,8-11,14-16H2. The molecule has 4 rings (SSSR count). The van der Waals surface area contributed by atoms with Gasteiger partial charge in [-0.25, -0.2) is 0 Å². The summed E-state index contributed by atoms with van der Waals surface area (Å²) in [5, 5.41) is 21.3. The number of hydroxylamine groups is 2. The second-order valence-corrected chi connectivity index (χ2v) is 9.34. The minimum absolute atomic E-state index is 0.0942. The van der Waals surface area contributed by atoms with E-state index in [-0.39, 0.29) is 41.5 Å². The smallest absolute Gasteiger partial charge is 0.257 e. The van der Waals surface area contributed by atoms with E-state index in [0.29, 0.717) is 56.5 Å². The van der Waals surface area contributed by atoms with Crippen LogP contribution in [0, 0.1) is 11.3 Å². The molecule has 2 atom stereocenters. The number of hydrogen-bond acceptors (Lipinski definition) is 8. The lowest BCUT2D eigenvalue weighted by molar-refractivity contribution is -0.111. The summed E-state index contributed by atoms with van der Waals surface area (Å²) >= 11 is 12.2. The van der Waals surface area contributed by atoms with Gasteiger partial charge in [0.1, 0.15) is 36.0 Å². The highest BCUT2D eigenvalue weighted by molar-refractivity contribution is 6.32. The van der Waals surface area contributed by atoms with Crippen molar-refractivity contribution in [2.45, 2.75) is 25.0 Å². The Bertz CT molecular complexity index is 1090. The first kappa shape index (κ1) is 26.3. The van der Waals surface area contributed by atoms with Gasteiger partial charge in [0.15, 0.2) is 6.61 Å². The third-order valence-electron chi connectivity index (χ3n) is 5.78. The van der Waals surface area contributed by atoms with E-state index in [9.17, 15) is 9.90 Å². The monoisotopic (exact) mass is 535 g/mol. The van der Waals surface area contributed by atoms with Crippen molar-refractivity contribution in [2.24, 2.45) is 0 Å². The summed E-state index contributed by atoms with van der Waals surface area (Å²) in [4.78, 5) is 20.3. The van der Waals surface area contributed by atoms with E-state index in [1.54, 1.807) is 17.0 Å². The summed E-state index contributed by atoms with van der Waals surface area (Å²) < 4.78 is 17.3. The number of nitrogens with zero attached hydrogens (tertiary/aromatic N) is 3. The topological polar surface area (TPSA) is 104 Å². The summed E-state index contributed by atoms with van der Waals surface area (Å²) in [5.74, 6) is 1.03. The maximum absolute atomic E-state index is 13.1. The molecule has 36 heavy (non-hydrogen) atoms. The van der Waals surface area contributed by atoms with Crippen LogP contribution >= 0.6 is 23.2 Å². The molecule has 192 valence electrons. The molecule has 2 aromatic carbocycles. The van der Waals surface area contributed by atoms with E-state index >= 15 is 0 Å². The Hall–Kier alpha value is -2.74. The van der Waals surface area contributed by atoms with Crippen molar-refractivity contribution in [2.75, 3.05) is 46.0 Å². The maximum Gasteiger partial charge on any atom is 0.257 e. The zero-order valence-electron chi connectivity index (χ0n) is 19.6. The number of rotatable bonds is 10. The van der Waals surface area contributed by atoms with E-state index < -0.39 is 6.10 Å². The van der Waals surface area contributed by atoms with Crippen LogP contribution in [0.15, 0.2) is 36.4 Å². The van der Waals surface area contributed by atoms with Crippen LogP contribution in [0.5, 0.6) is 17.2 Å². The number of ether oxygens (including phenoxy) is 3. The van der Waals surface area contributed by atoms with Gasteiger partial charge in [-0.1, -0.05) is 23.2 Å². The molecule has 0 radical (unpaired) electrons. The normalized spacial score (nSPS) is 19.8. The van der Waals surface area contributed by atoms with Gasteiger partial charge in [0, 0.05) is 30.7 Å². The number of amides is 1. The number of β-amino-alcohol motifs (C(OH)–C–C–N with tert-alkyl or cyclic N) is 1. The van der Waals surface area contributed by atoms with Crippen molar-refractivity contribution < 1.29 is 28.9 Å². The molecule has 0 spiro atoms. The molecule has 11 heteroatoms. The van der Waals surface area contributed by atoms with Gasteiger partial charge >= 0.3 is 0 Å². The van der Waals surface area contributed by atoms with Gasteiger partial charge in [-0.2, -0.15) is 10.3 Å². The molecule has 2 unspecified atom stereocenters. The molecule has 2 saturated heterocycles. The van der Waals surface area contributed by atoms with Crippen molar-refractivity contribution in [3.05, 3.63) is 52.0 Å². The number of likely N-dealkylation sites (tertiary alicyclic amines) is 1. The van der Waals surface area contributed by atoms with Crippen molar-refractivity contribution in [1.82, 2.24) is 9.96 Å². The number of carbonyl (C=O) groups is 1. The Kier molecular flexibility index (Phi) is 9.13. The Labute approximate surface area is 219 Å². The second-order valence-electron chi connectivity index (χ2n) is 8.50. The average molecular weight is 536 g/mol. The first-order valence-electron chi connectivity index (χ1n) is 11.7. The molecule has 1 N–H and O–H groups in total. The average Bonchev–Trinajstić information content (AvgIpc) is 3.51. The van der Waals surface area contributed by atoms with E-state index in [1.807, 2.05) is 23.3 Å². The van der Waals surface area contributed by atoms with Crippen LogP contribution < -0.4 is 14.2 Å². The first-order chi connectivity index (χ1) is 17.4. The van der Waals surface area contributed by atoms with Crippen LogP contribution in [0.1, 0.15) is 23.2 Å². The van der Waals surface area contributed by atoms with E-state index in [2.05, 4.69) is 0 Å². The van der Waals surface area contributed by atoms with E-state index in [0.717, 1.165) is 5.75 Å². The molecular weight excluding hydrogens is 509 g/mol. The van der Waals surface area contributed by atoms with Crippen molar-refractivity contribution in [3.8, 4) is 23.3 Å². The van der Waals surface area contributed by atoms with E-state index in [1.165, 1.54) is 12.1 Å². The van der Waals surface area contributed by atoms with Crippen molar-refractivity contribution in [1.29, 1.82) is 5.26 Å². The van der Waals surface area contributed by atoms with Crippen LogP contribution in [0.4, 0.5) is 0 Å². The number of carbonyl (C=O) groups excluding carboxylic acids is 1. The molecule has 2 aliphatic rings. The Balaban J connectivity index is 1.32. The largest absolute Gasteiger partial charge is 0.493 e. The number of nitriles is 1. The first-order valence-corrected chi connectivity index (χ1v) is 12.4. The number of aliphatic hydroxyl groups excluding tert-OH is 1. The fourth-order valence-corrected chi connectivity index (χ4v) is 4.36. The molecule has 2 aromatic rings. The molecule has 9 nitrogen and oxygen atoms in total. The molecule has 0 bridgehead atoms.